The Morgan fingerprint density at radius 2 is 1.75 bits per heavy atom. The first-order valence-electron chi connectivity index (χ1n) is 10.5. The minimum absolute atomic E-state index is 0.195. The van der Waals surface area contributed by atoms with Crippen LogP contribution in [0.2, 0.25) is 20.1 Å². The maximum atomic E-state index is 12.6. The molecule has 0 bridgehead atoms. The van der Waals surface area contributed by atoms with Crippen LogP contribution in [0.5, 0.6) is 11.5 Å². The number of benzene rings is 3. The number of carbonyl (C=O) groups is 1. The van der Waals surface area contributed by atoms with E-state index in [-0.39, 0.29) is 16.3 Å². The van der Waals surface area contributed by atoms with Crippen molar-refractivity contribution in [1.82, 2.24) is 4.98 Å². The third-order valence-corrected chi connectivity index (χ3v) is 6.55. The average molecular weight is 581 g/mol. The Labute approximate surface area is 231 Å². The smallest absolute Gasteiger partial charge is 0.345 e. The standard InChI is InChI=1S/C25H17Cl4N3O3S/c1-2-34-23-9-14(3-8-22(23)35-24(33)18-7-5-16(27)11-20(18)29)12-30-32-25-31-21(13-36-25)17-6-4-15(26)10-19(17)28/h3-13H,2H2,1H3,(H,31,32)/b30-12-. The summed E-state index contributed by atoms with van der Waals surface area (Å²) in [7, 11) is 0. The van der Waals surface area contributed by atoms with Crippen LogP contribution in [0.3, 0.4) is 0 Å². The molecule has 4 rings (SSSR count). The Kier molecular flexibility index (Phi) is 8.72. The van der Waals surface area contributed by atoms with Crippen LogP contribution in [0.1, 0.15) is 22.8 Å². The van der Waals surface area contributed by atoms with Crippen molar-refractivity contribution >= 4 is 75.1 Å². The van der Waals surface area contributed by atoms with Gasteiger partial charge in [-0.2, -0.15) is 5.10 Å². The summed E-state index contributed by atoms with van der Waals surface area (Å²) in [6, 6.07) is 14.9. The lowest BCUT2D eigenvalue weighted by molar-refractivity contribution is 0.0728. The number of thiazole rings is 1. The van der Waals surface area contributed by atoms with Gasteiger partial charge in [-0.15, -0.1) is 11.3 Å². The number of ether oxygens (including phenoxy) is 2. The first-order valence-corrected chi connectivity index (χ1v) is 12.9. The number of carbonyl (C=O) groups excluding carboxylic acids is 1. The molecule has 1 N–H and O–H groups in total. The van der Waals surface area contributed by atoms with E-state index in [1.54, 1.807) is 42.6 Å². The molecule has 0 aliphatic carbocycles. The van der Waals surface area contributed by atoms with E-state index in [0.717, 1.165) is 5.56 Å². The molecule has 0 atom stereocenters. The second-order valence-corrected chi connectivity index (χ2v) is 9.73. The van der Waals surface area contributed by atoms with Crippen molar-refractivity contribution in [2.45, 2.75) is 6.92 Å². The Bertz CT molecular complexity index is 1440. The van der Waals surface area contributed by atoms with Crippen molar-refractivity contribution in [2.75, 3.05) is 12.0 Å². The van der Waals surface area contributed by atoms with Crippen LogP contribution in [-0.4, -0.2) is 23.8 Å². The highest BCUT2D eigenvalue weighted by atomic mass is 35.5. The molecule has 0 aliphatic heterocycles. The van der Waals surface area contributed by atoms with Gasteiger partial charge in [0.1, 0.15) is 0 Å². The van der Waals surface area contributed by atoms with Gasteiger partial charge in [0, 0.05) is 21.0 Å². The molecule has 0 spiro atoms. The molecule has 11 heteroatoms. The van der Waals surface area contributed by atoms with Crippen LogP contribution in [0.15, 0.2) is 65.1 Å². The molecule has 0 saturated carbocycles. The molecular formula is C25H17Cl4N3O3S. The zero-order valence-electron chi connectivity index (χ0n) is 18.6. The van der Waals surface area contributed by atoms with E-state index in [1.165, 1.54) is 23.5 Å². The van der Waals surface area contributed by atoms with E-state index < -0.39 is 5.97 Å². The van der Waals surface area contributed by atoms with Gasteiger partial charge in [-0.05, 0) is 67.1 Å². The number of halogens is 4. The number of rotatable bonds is 8. The minimum atomic E-state index is -0.624. The molecule has 0 radical (unpaired) electrons. The average Bonchev–Trinajstić information content (AvgIpc) is 3.29. The first kappa shape index (κ1) is 26.3. The fourth-order valence-electron chi connectivity index (χ4n) is 3.08. The quantitative estimate of drug-likeness (QED) is 0.0978. The molecule has 4 aromatic rings. The van der Waals surface area contributed by atoms with Crippen molar-refractivity contribution in [2.24, 2.45) is 5.10 Å². The van der Waals surface area contributed by atoms with Crippen molar-refractivity contribution in [3.8, 4) is 22.8 Å². The van der Waals surface area contributed by atoms with Crippen molar-refractivity contribution < 1.29 is 14.3 Å². The monoisotopic (exact) mass is 579 g/mol. The van der Waals surface area contributed by atoms with Crippen molar-refractivity contribution in [3.63, 3.8) is 0 Å². The van der Waals surface area contributed by atoms with Gasteiger partial charge in [-0.3, -0.25) is 5.43 Å². The van der Waals surface area contributed by atoms with Gasteiger partial charge < -0.3 is 9.47 Å². The van der Waals surface area contributed by atoms with Gasteiger partial charge in [-0.25, -0.2) is 9.78 Å². The first-order chi connectivity index (χ1) is 17.3. The number of hydrogen-bond donors (Lipinski definition) is 1. The van der Waals surface area contributed by atoms with Gasteiger partial charge >= 0.3 is 5.97 Å². The maximum Gasteiger partial charge on any atom is 0.345 e. The number of hydrazone groups is 1. The highest BCUT2D eigenvalue weighted by Gasteiger charge is 2.16. The molecular weight excluding hydrogens is 564 g/mol. The predicted molar refractivity (Wildman–Crippen MR) is 148 cm³/mol. The largest absolute Gasteiger partial charge is 0.490 e. The SMILES string of the molecule is CCOc1cc(/C=N\Nc2nc(-c3ccc(Cl)cc3Cl)cs2)ccc1OC(=O)c1ccc(Cl)cc1Cl. The van der Waals surface area contributed by atoms with E-state index in [1.807, 2.05) is 18.4 Å². The summed E-state index contributed by atoms with van der Waals surface area (Å²) in [6.45, 7) is 2.21. The lowest BCUT2D eigenvalue weighted by Gasteiger charge is -2.12. The molecule has 1 aromatic heterocycles. The summed E-state index contributed by atoms with van der Waals surface area (Å²) in [6.07, 6.45) is 1.60. The lowest BCUT2D eigenvalue weighted by Crippen LogP contribution is -2.10. The third kappa shape index (κ3) is 6.49. The Balaban J connectivity index is 1.45. The van der Waals surface area contributed by atoms with Gasteiger partial charge in [0.25, 0.3) is 0 Å². The van der Waals surface area contributed by atoms with Crippen LogP contribution in [-0.2, 0) is 0 Å². The number of esters is 1. The Morgan fingerprint density at radius 3 is 2.47 bits per heavy atom. The summed E-state index contributed by atoms with van der Waals surface area (Å²) in [4.78, 5) is 17.1. The molecule has 0 amide bonds. The molecule has 0 unspecified atom stereocenters. The summed E-state index contributed by atoms with van der Waals surface area (Å²) < 4.78 is 11.2. The number of hydrogen-bond acceptors (Lipinski definition) is 7. The molecule has 1 heterocycles. The van der Waals surface area contributed by atoms with E-state index in [4.69, 9.17) is 55.9 Å². The van der Waals surface area contributed by atoms with Crippen molar-refractivity contribution in [3.05, 3.63) is 91.2 Å². The van der Waals surface area contributed by atoms with Gasteiger partial charge in [0.05, 0.1) is 34.1 Å². The fraction of sp³-hybridized carbons (Fsp3) is 0.0800. The lowest BCUT2D eigenvalue weighted by atomic mass is 10.2. The Morgan fingerprint density at radius 1 is 1.00 bits per heavy atom. The van der Waals surface area contributed by atoms with Gasteiger partial charge in [-0.1, -0.05) is 46.4 Å². The van der Waals surface area contributed by atoms with Crippen LogP contribution in [0.4, 0.5) is 5.13 Å². The third-order valence-electron chi connectivity index (χ3n) is 4.71. The number of nitrogens with one attached hydrogen (secondary N) is 1. The molecule has 6 nitrogen and oxygen atoms in total. The van der Waals surface area contributed by atoms with Crippen LogP contribution < -0.4 is 14.9 Å². The summed E-state index contributed by atoms with van der Waals surface area (Å²) in [5.41, 5.74) is 5.30. The van der Waals surface area contributed by atoms with Gasteiger partial charge in [0.2, 0.25) is 5.13 Å². The van der Waals surface area contributed by atoms with Gasteiger partial charge in [0.15, 0.2) is 11.5 Å². The number of anilines is 1. The fourth-order valence-corrected chi connectivity index (χ4v) is 4.73. The predicted octanol–water partition coefficient (Wildman–Crippen LogP) is 8.49. The van der Waals surface area contributed by atoms with Crippen molar-refractivity contribution in [1.29, 1.82) is 0 Å². The van der Waals surface area contributed by atoms with Crippen LogP contribution in [0, 0.1) is 0 Å². The van der Waals surface area contributed by atoms with E-state index >= 15 is 0 Å². The molecule has 3 aromatic carbocycles. The molecule has 0 aliphatic rings. The second kappa shape index (κ2) is 12.0. The summed E-state index contributed by atoms with van der Waals surface area (Å²) >= 11 is 25.6. The van der Waals surface area contributed by atoms with E-state index in [9.17, 15) is 4.79 Å². The zero-order chi connectivity index (χ0) is 25.7. The molecule has 0 fully saturated rings. The molecule has 0 saturated heterocycles. The summed E-state index contributed by atoms with van der Waals surface area (Å²) in [5.74, 6) is 0.0113. The summed E-state index contributed by atoms with van der Waals surface area (Å²) in [5, 5.41) is 8.40. The minimum Gasteiger partial charge on any atom is -0.490 e. The highest BCUT2D eigenvalue weighted by molar-refractivity contribution is 7.14. The van der Waals surface area contributed by atoms with E-state index in [0.29, 0.717) is 43.8 Å². The Hall–Kier alpha value is -2.81. The maximum absolute atomic E-state index is 12.6. The number of nitrogens with zero attached hydrogens (tertiary/aromatic N) is 2. The normalized spacial score (nSPS) is 11.0. The van der Waals surface area contributed by atoms with E-state index in [2.05, 4.69) is 15.5 Å². The van der Waals surface area contributed by atoms with Crippen LogP contribution in [0.25, 0.3) is 11.3 Å². The topological polar surface area (TPSA) is 72.8 Å². The number of aromatic nitrogens is 1. The second-order valence-electron chi connectivity index (χ2n) is 7.18. The van der Waals surface area contributed by atoms with Crippen LogP contribution >= 0.6 is 57.7 Å². The molecule has 184 valence electrons. The zero-order valence-corrected chi connectivity index (χ0v) is 22.4. The highest BCUT2D eigenvalue weighted by Crippen LogP contribution is 2.33. The molecule has 36 heavy (non-hydrogen) atoms.